The van der Waals surface area contributed by atoms with E-state index in [2.05, 4.69) is 9.88 Å². The van der Waals surface area contributed by atoms with Crippen molar-refractivity contribution in [2.24, 2.45) is 0 Å². The van der Waals surface area contributed by atoms with Crippen LogP contribution in [0.25, 0.3) is 0 Å². The van der Waals surface area contributed by atoms with Crippen molar-refractivity contribution in [3.05, 3.63) is 18.4 Å². The third-order valence-corrected chi connectivity index (χ3v) is 5.18. The molecule has 0 saturated carbocycles. The number of piperidine rings is 1. The Morgan fingerprint density at radius 2 is 2.13 bits per heavy atom. The van der Waals surface area contributed by atoms with Gasteiger partial charge >= 0.3 is 0 Å². The van der Waals surface area contributed by atoms with Crippen molar-refractivity contribution in [1.29, 1.82) is 0 Å². The summed E-state index contributed by atoms with van der Waals surface area (Å²) in [5.41, 5.74) is -1.10. The third-order valence-electron chi connectivity index (χ3n) is 5.18. The minimum absolute atomic E-state index is 0.0489. The smallest absolute Gasteiger partial charge is 0.291 e. The Bertz CT molecular complexity index is 548. The average molecular weight is 323 g/mol. The third kappa shape index (κ3) is 3.13. The number of carbonyl (C=O) groups excluding carboxylic acids is 1. The SMILES string of the molecule is CN(C)[C@H]1CC2(CCN(C(=O)c3cnco3)CC2)OC[C@]1(C)O. The van der Waals surface area contributed by atoms with E-state index in [4.69, 9.17) is 9.15 Å². The van der Waals surface area contributed by atoms with Crippen LogP contribution in [0.15, 0.2) is 17.0 Å². The largest absolute Gasteiger partial charge is 0.438 e. The van der Waals surface area contributed by atoms with E-state index in [1.165, 1.54) is 12.6 Å². The molecule has 1 N–H and O–H groups in total. The topological polar surface area (TPSA) is 79.0 Å². The van der Waals surface area contributed by atoms with Crippen molar-refractivity contribution >= 4 is 5.91 Å². The van der Waals surface area contributed by atoms with E-state index in [9.17, 15) is 9.90 Å². The molecular weight excluding hydrogens is 298 g/mol. The molecule has 7 nitrogen and oxygen atoms in total. The Morgan fingerprint density at radius 3 is 2.70 bits per heavy atom. The summed E-state index contributed by atoms with van der Waals surface area (Å²) in [6, 6.07) is 0.0489. The number of likely N-dealkylation sites (N-methyl/N-ethyl adjacent to an activating group) is 1. The van der Waals surface area contributed by atoms with Gasteiger partial charge < -0.3 is 24.1 Å². The fourth-order valence-electron chi connectivity index (χ4n) is 3.71. The maximum atomic E-state index is 12.3. The van der Waals surface area contributed by atoms with Crippen LogP contribution in [0.3, 0.4) is 0 Å². The predicted molar refractivity (Wildman–Crippen MR) is 83.0 cm³/mol. The van der Waals surface area contributed by atoms with Gasteiger partial charge in [-0.15, -0.1) is 0 Å². The number of carbonyl (C=O) groups is 1. The van der Waals surface area contributed by atoms with Gasteiger partial charge in [-0.25, -0.2) is 4.98 Å². The molecule has 1 amide bonds. The number of ether oxygens (including phenoxy) is 1. The average Bonchev–Trinajstić information content (AvgIpc) is 3.04. The fraction of sp³-hybridized carbons (Fsp3) is 0.750. The molecular formula is C16H25N3O4. The van der Waals surface area contributed by atoms with Gasteiger partial charge in [0.2, 0.25) is 5.76 Å². The standard InChI is InChI=1S/C16H25N3O4/c1-15(21)10-23-16(8-13(15)18(2)3)4-6-19(7-5-16)14(20)12-9-17-11-22-12/h9,11,13,21H,4-8,10H2,1-3H3/t13-,15-/m0/s1. The van der Waals surface area contributed by atoms with Crippen LogP contribution in [0.1, 0.15) is 36.7 Å². The summed E-state index contributed by atoms with van der Waals surface area (Å²) < 4.78 is 11.2. The van der Waals surface area contributed by atoms with Gasteiger partial charge in [0.1, 0.15) is 5.60 Å². The molecule has 2 saturated heterocycles. The molecule has 2 fully saturated rings. The van der Waals surface area contributed by atoms with E-state index in [-0.39, 0.29) is 23.3 Å². The van der Waals surface area contributed by atoms with E-state index in [1.54, 1.807) is 4.90 Å². The van der Waals surface area contributed by atoms with Gasteiger partial charge in [0.15, 0.2) is 6.39 Å². The van der Waals surface area contributed by atoms with Gasteiger partial charge in [0.25, 0.3) is 5.91 Å². The molecule has 1 spiro atoms. The normalized spacial score (nSPS) is 30.8. The summed E-state index contributed by atoms with van der Waals surface area (Å²) in [6.07, 6.45) is 5.04. The number of aliphatic hydroxyl groups is 1. The van der Waals surface area contributed by atoms with Gasteiger partial charge in [-0.3, -0.25) is 4.79 Å². The van der Waals surface area contributed by atoms with Gasteiger partial charge in [0.05, 0.1) is 18.4 Å². The first-order chi connectivity index (χ1) is 10.8. The molecule has 0 radical (unpaired) electrons. The van der Waals surface area contributed by atoms with Crippen LogP contribution in [0.4, 0.5) is 0 Å². The number of amides is 1. The molecule has 1 aromatic heterocycles. The Balaban J connectivity index is 1.65. The first kappa shape index (κ1) is 16.4. The lowest BCUT2D eigenvalue weighted by Gasteiger charge is -2.52. The van der Waals surface area contributed by atoms with Gasteiger partial charge in [0, 0.05) is 19.1 Å². The van der Waals surface area contributed by atoms with Crippen LogP contribution in [-0.2, 0) is 4.74 Å². The predicted octanol–water partition coefficient (Wildman–Crippen LogP) is 0.751. The Labute approximate surface area is 136 Å². The minimum atomic E-state index is -0.846. The maximum absolute atomic E-state index is 12.3. The van der Waals surface area contributed by atoms with Gasteiger partial charge in [-0.2, -0.15) is 0 Å². The van der Waals surface area contributed by atoms with E-state index in [0.717, 1.165) is 19.3 Å². The lowest BCUT2D eigenvalue weighted by atomic mass is 9.77. The summed E-state index contributed by atoms with van der Waals surface area (Å²) in [6.45, 7) is 3.41. The molecule has 7 heteroatoms. The Morgan fingerprint density at radius 1 is 1.43 bits per heavy atom. The van der Waals surface area contributed by atoms with E-state index in [1.807, 2.05) is 21.0 Å². The lowest BCUT2D eigenvalue weighted by molar-refractivity contribution is -0.205. The first-order valence-corrected chi connectivity index (χ1v) is 8.04. The van der Waals surface area contributed by atoms with Crippen LogP contribution in [0.2, 0.25) is 0 Å². The molecule has 1 aromatic rings. The lowest BCUT2D eigenvalue weighted by Crippen LogP contribution is -2.62. The van der Waals surface area contributed by atoms with E-state index >= 15 is 0 Å². The first-order valence-electron chi connectivity index (χ1n) is 8.04. The molecule has 128 valence electrons. The number of nitrogens with zero attached hydrogens (tertiary/aromatic N) is 3. The highest BCUT2D eigenvalue weighted by Gasteiger charge is 2.49. The quantitative estimate of drug-likeness (QED) is 0.865. The van der Waals surface area contributed by atoms with Gasteiger partial charge in [-0.05, 0) is 40.3 Å². The minimum Gasteiger partial charge on any atom is -0.438 e. The van der Waals surface area contributed by atoms with Crippen molar-refractivity contribution in [2.75, 3.05) is 33.8 Å². The van der Waals surface area contributed by atoms with Crippen molar-refractivity contribution in [1.82, 2.24) is 14.8 Å². The molecule has 2 atom stereocenters. The van der Waals surface area contributed by atoms with Crippen molar-refractivity contribution in [2.45, 2.75) is 43.4 Å². The van der Waals surface area contributed by atoms with Crippen LogP contribution in [0, 0.1) is 0 Å². The molecule has 2 aliphatic heterocycles. The van der Waals surface area contributed by atoms with Crippen molar-refractivity contribution in [3.8, 4) is 0 Å². The number of rotatable bonds is 2. The zero-order chi connectivity index (χ0) is 16.7. The molecule has 3 heterocycles. The molecule has 2 aliphatic rings. The number of hydrogen-bond donors (Lipinski definition) is 1. The van der Waals surface area contributed by atoms with Crippen LogP contribution < -0.4 is 0 Å². The van der Waals surface area contributed by atoms with Crippen molar-refractivity contribution in [3.63, 3.8) is 0 Å². The number of likely N-dealkylation sites (tertiary alicyclic amines) is 1. The second-order valence-corrected chi connectivity index (χ2v) is 7.17. The molecule has 0 aromatic carbocycles. The summed E-state index contributed by atoms with van der Waals surface area (Å²) in [7, 11) is 3.97. The van der Waals surface area contributed by atoms with Crippen LogP contribution >= 0.6 is 0 Å². The van der Waals surface area contributed by atoms with E-state index in [0.29, 0.717) is 19.7 Å². The molecule has 0 aliphatic carbocycles. The summed E-state index contributed by atoms with van der Waals surface area (Å²) in [5.74, 6) is 0.156. The van der Waals surface area contributed by atoms with Crippen LogP contribution in [-0.4, -0.2) is 76.8 Å². The van der Waals surface area contributed by atoms with E-state index < -0.39 is 5.60 Å². The Kier molecular flexibility index (Phi) is 4.20. The maximum Gasteiger partial charge on any atom is 0.291 e. The molecule has 0 unspecified atom stereocenters. The highest BCUT2D eigenvalue weighted by atomic mass is 16.5. The summed E-state index contributed by atoms with van der Waals surface area (Å²) in [5, 5.41) is 10.5. The highest BCUT2D eigenvalue weighted by Crippen LogP contribution is 2.39. The zero-order valence-electron chi connectivity index (χ0n) is 14.0. The number of aromatic nitrogens is 1. The monoisotopic (exact) mass is 323 g/mol. The highest BCUT2D eigenvalue weighted by molar-refractivity contribution is 5.91. The second-order valence-electron chi connectivity index (χ2n) is 7.17. The second kappa shape index (κ2) is 5.89. The number of oxazole rings is 1. The molecule has 0 bridgehead atoms. The summed E-state index contributed by atoms with van der Waals surface area (Å²) >= 11 is 0. The zero-order valence-corrected chi connectivity index (χ0v) is 14.0. The summed E-state index contributed by atoms with van der Waals surface area (Å²) in [4.78, 5) is 20.0. The van der Waals surface area contributed by atoms with Crippen LogP contribution in [0.5, 0.6) is 0 Å². The Hall–Kier alpha value is -1.44. The number of hydrogen-bond acceptors (Lipinski definition) is 6. The van der Waals surface area contributed by atoms with Crippen molar-refractivity contribution < 1.29 is 19.1 Å². The molecule has 23 heavy (non-hydrogen) atoms. The molecule has 3 rings (SSSR count). The van der Waals surface area contributed by atoms with Gasteiger partial charge in [-0.1, -0.05) is 0 Å². The fourth-order valence-corrected chi connectivity index (χ4v) is 3.71.